The summed E-state index contributed by atoms with van der Waals surface area (Å²) in [6.07, 6.45) is 2.27. The Morgan fingerprint density at radius 3 is 2.03 bits per heavy atom. The molecule has 4 rings (SSSR count). The average molecular weight is 488 g/mol. The van der Waals surface area contributed by atoms with Crippen LogP contribution in [0.15, 0.2) is 30.3 Å². The molecule has 0 radical (unpaired) electrons. The molecule has 0 heterocycles. The van der Waals surface area contributed by atoms with E-state index >= 15 is 0 Å². The van der Waals surface area contributed by atoms with Crippen LogP contribution in [-0.4, -0.2) is 16.6 Å². The first-order valence-corrected chi connectivity index (χ1v) is 13.6. The van der Waals surface area contributed by atoms with Crippen LogP contribution in [0.1, 0.15) is 133 Å². The number of amides is 1. The molecule has 2 N–H and O–H groups in total. The van der Waals surface area contributed by atoms with Crippen LogP contribution in [0.25, 0.3) is 21.5 Å². The number of hydrogen-bond donors (Lipinski definition) is 2. The van der Waals surface area contributed by atoms with Crippen LogP contribution in [0.2, 0.25) is 0 Å². The Labute approximate surface area is 217 Å². The summed E-state index contributed by atoms with van der Waals surface area (Å²) in [7, 11) is 0. The quantitative estimate of drug-likeness (QED) is 0.363. The van der Waals surface area contributed by atoms with Gasteiger partial charge in [-0.1, -0.05) is 85.6 Å². The van der Waals surface area contributed by atoms with Gasteiger partial charge in [0.2, 0.25) is 0 Å². The topological polar surface area (TPSA) is 49.3 Å². The molecule has 3 aromatic rings. The van der Waals surface area contributed by atoms with Gasteiger partial charge in [0.25, 0.3) is 5.91 Å². The molecule has 0 unspecified atom stereocenters. The standard InChI is InChI=1S/C33H45NO2/c1-11-12-13-22-27-26-20(17-24(32(5,6)7)28(27)30(36)34-33(8,9)10)15-14-19-16-21(31(2,3)4)18-23(25(19)26)29(22)35/h14-18,22,29,35H,11-13H2,1-10H3,(H,34,36)/t22-,29+/m0/s1. The number of rotatable bonds is 4. The van der Waals surface area contributed by atoms with E-state index < -0.39 is 6.10 Å². The third kappa shape index (κ3) is 4.67. The van der Waals surface area contributed by atoms with Gasteiger partial charge in [-0.05, 0) is 87.9 Å². The van der Waals surface area contributed by atoms with Crippen molar-refractivity contribution in [3.63, 3.8) is 0 Å². The van der Waals surface area contributed by atoms with Crippen LogP contribution in [0.3, 0.4) is 0 Å². The second-order valence-corrected chi connectivity index (χ2v) is 13.9. The fourth-order valence-corrected chi connectivity index (χ4v) is 5.80. The Morgan fingerprint density at radius 2 is 1.50 bits per heavy atom. The summed E-state index contributed by atoms with van der Waals surface area (Å²) >= 11 is 0. The largest absolute Gasteiger partial charge is 0.388 e. The normalized spacial score (nSPS) is 18.3. The predicted octanol–water partition coefficient (Wildman–Crippen LogP) is 8.44. The molecule has 0 fully saturated rings. The average Bonchev–Trinajstić information content (AvgIpc) is 2.74. The molecule has 0 bridgehead atoms. The lowest BCUT2D eigenvalue weighted by atomic mass is 9.69. The maximum Gasteiger partial charge on any atom is 0.252 e. The predicted molar refractivity (Wildman–Crippen MR) is 153 cm³/mol. The highest BCUT2D eigenvalue weighted by Crippen LogP contribution is 2.52. The molecule has 3 aromatic carbocycles. The number of unbranched alkanes of at least 4 members (excludes halogenated alkanes) is 1. The van der Waals surface area contributed by atoms with E-state index in [1.165, 1.54) is 5.56 Å². The number of nitrogens with one attached hydrogen (secondary N) is 1. The van der Waals surface area contributed by atoms with E-state index in [9.17, 15) is 9.90 Å². The first-order valence-electron chi connectivity index (χ1n) is 13.6. The summed E-state index contributed by atoms with van der Waals surface area (Å²) in [5, 5.41) is 19.8. The zero-order chi connectivity index (χ0) is 26.8. The van der Waals surface area contributed by atoms with Gasteiger partial charge >= 0.3 is 0 Å². The Bertz CT molecular complexity index is 1330. The van der Waals surface area contributed by atoms with Crippen molar-refractivity contribution in [2.45, 2.75) is 117 Å². The first kappa shape index (κ1) is 26.7. The molecule has 36 heavy (non-hydrogen) atoms. The molecule has 1 aliphatic carbocycles. The highest BCUT2D eigenvalue weighted by Gasteiger charge is 2.38. The molecule has 2 atom stereocenters. The van der Waals surface area contributed by atoms with Crippen LogP contribution < -0.4 is 5.32 Å². The summed E-state index contributed by atoms with van der Waals surface area (Å²) in [4.78, 5) is 14.0. The Kier molecular flexibility index (Phi) is 6.57. The molecular formula is C33H45NO2. The minimum Gasteiger partial charge on any atom is -0.388 e. The molecule has 3 heteroatoms. The van der Waals surface area contributed by atoms with E-state index in [2.05, 4.69) is 84.1 Å². The van der Waals surface area contributed by atoms with Crippen LogP contribution >= 0.6 is 0 Å². The maximum atomic E-state index is 14.0. The molecular weight excluding hydrogens is 442 g/mol. The second kappa shape index (κ2) is 8.87. The van der Waals surface area contributed by atoms with E-state index in [1.54, 1.807) is 0 Å². The molecule has 0 aliphatic heterocycles. The molecule has 0 saturated heterocycles. The summed E-state index contributed by atoms with van der Waals surface area (Å²) in [5.41, 5.74) is 4.51. The SMILES string of the molecule is CCCC[C@H]1c2c(C(=O)NC(C)(C)C)c(C(C)(C)C)cc3ccc4cc(C(C)(C)C)cc(c4c23)[C@@H]1O. The van der Waals surface area contributed by atoms with Crippen molar-refractivity contribution in [1.29, 1.82) is 0 Å². The number of carbonyl (C=O) groups is 1. The summed E-state index contributed by atoms with van der Waals surface area (Å²) < 4.78 is 0. The van der Waals surface area contributed by atoms with E-state index in [1.807, 2.05) is 20.8 Å². The lowest BCUT2D eigenvalue weighted by Gasteiger charge is -2.37. The number of hydrogen-bond acceptors (Lipinski definition) is 2. The molecule has 3 nitrogen and oxygen atoms in total. The van der Waals surface area contributed by atoms with Crippen LogP contribution in [0.5, 0.6) is 0 Å². The molecule has 1 amide bonds. The zero-order valence-corrected chi connectivity index (χ0v) is 24.0. The van der Waals surface area contributed by atoms with Crippen LogP contribution in [0, 0.1) is 0 Å². The summed E-state index contributed by atoms with van der Waals surface area (Å²) in [6.45, 7) is 21.5. The Balaban J connectivity index is 2.20. The summed E-state index contributed by atoms with van der Waals surface area (Å²) in [6, 6.07) is 11.1. The number of aliphatic hydroxyl groups is 1. The Morgan fingerprint density at radius 1 is 0.889 bits per heavy atom. The van der Waals surface area contributed by atoms with E-state index in [4.69, 9.17) is 0 Å². The smallest absolute Gasteiger partial charge is 0.252 e. The van der Waals surface area contributed by atoms with Crippen LogP contribution in [0.4, 0.5) is 0 Å². The van der Waals surface area contributed by atoms with Crippen molar-refractivity contribution in [2.24, 2.45) is 0 Å². The third-order valence-corrected chi connectivity index (χ3v) is 7.62. The number of aliphatic hydroxyl groups excluding tert-OH is 1. The monoisotopic (exact) mass is 487 g/mol. The van der Waals surface area contributed by atoms with Gasteiger partial charge in [0.1, 0.15) is 0 Å². The second-order valence-electron chi connectivity index (χ2n) is 13.9. The first-order chi connectivity index (χ1) is 16.5. The lowest BCUT2D eigenvalue weighted by Crippen LogP contribution is -2.42. The van der Waals surface area contributed by atoms with Gasteiger partial charge in [0.15, 0.2) is 0 Å². The molecule has 0 aromatic heterocycles. The molecule has 0 spiro atoms. The van der Waals surface area contributed by atoms with Gasteiger partial charge in [0.05, 0.1) is 6.10 Å². The Hall–Kier alpha value is -2.39. The van der Waals surface area contributed by atoms with E-state index in [0.29, 0.717) is 0 Å². The van der Waals surface area contributed by atoms with E-state index in [0.717, 1.165) is 63.1 Å². The highest BCUT2D eigenvalue weighted by atomic mass is 16.3. The molecule has 194 valence electrons. The fourth-order valence-electron chi connectivity index (χ4n) is 5.80. The third-order valence-electron chi connectivity index (χ3n) is 7.62. The van der Waals surface area contributed by atoms with Crippen molar-refractivity contribution in [3.8, 4) is 0 Å². The van der Waals surface area contributed by atoms with Gasteiger partial charge in [-0.2, -0.15) is 0 Å². The van der Waals surface area contributed by atoms with Gasteiger partial charge in [-0.3, -0.25) is 4.79 Å². The van der Waals surface area contributed by atoms with Crippen molar-refractivity contribution in [3.05, 3.63) is 58.1 Å². The van der Waals surface area contributed by atoms with Crippen molar-refractivity contribution in [2.75, 3.05) is 0 Å². The number of benzene rings is 3. The zero-order valence-electron chi connectivity index (χ0n) is 24.0. The minimum absolute atomic E-state index is 0.0214. The summed E-state index contributed by atoms with van der Waals surface area (Å²) in [5.74, 6) is -0.159. The number of carbonyl (C=O) groups excluding carboxylic acids is 1. The van der Waals surface area contributed by atoms with Gasteiger partial charge in [-0.15, -0.1) is 0 Å². The molecule has 0 saturated carbocycles. The minimum atomic E-state index is -0.643. The van der Waals surface area contributed by atoms with Crippen molar-refractivity contribution in [1.82, 2.24) is 5.32 Å². The van der Waals surface area contributed by atoms with Gasteiger partial charge in [-0.25, -0.2) is 0 Å². The lowest BCUT2D eigenvalue weighted by molar-refractivity contribution is 0.0912. The molecule has 1 aliphatic rings. The van der Waals surface area contributed by atoms with Gasteiger partial charge in [0, 0.05) is 17.0 Å². The van der Waals surface area contributed by atoms with Gasteiger partial charge < -0.3 is 10.4 Å². The van der Waals surface area contributed by atoms with Crippen molar-refractivity contribution < 1.29 is 9.90 Å². The van der Waals surface area contributed by atoms with Crippen LogP contribution in [-0.2, 0) is 10.8 Å². The fraction of sp³-hybridized carbons (Fsp3) is 0.545. The highest BCUT2D eigenvalue weighted by molar-refractivity contribution is 6.16. The van der Waals surface area contributed by atoms with E-state index in [-0.39, 0.29) is 28.2 Å². The van der Waals surface area contributed by atoms with Crippen molar-refractivity contribution >= 4 is 27.5 Å². The maximum absolute atomic E-state index is 14.0.